The fraction of sp³-hybridized carbons (Fsp3) is 0.200. The summed E-state index contributed by atoms with van der Waals surface area (Å²) in [6.45, 7) is 2.38. The minimum absolute atomic E-state index is 0.146. The Balaban J connectivity index is 1.59. The molecule has 0 aliphatic carbocycles. The summed E-state index contributed by atoms with van der Waals surface area (Å²) in [5.74, 6) is 0.764. The van der Waals surface area contributed by atoms with Crippen LogP contribution in [0, 0.1) is 10.1 Å². The number of phenolic OH excluding ortho intramolecular Hbond substituents is 1. The third kappa shape index (κ3) is 5.90. The van der Waals surface area contributed by atoms with Crippen molar-refractivity contribution in [2.75, 3.05) is 41.9 Å². The van der Waals surface area contributed by atoms with E-state index in [0.29, 0.717) is 38.2 Å². The molecule has 1 fully saturated rings. The van der Waals surface area contributed by atoms with Crippen LogP contribution in [0.25, 0.3) is 0 Å². The van der Waals surface area contributed by atoms with E-state index in [1.807, 2.05) is 29.2 Å². The Morgan fingerprint density at radius 2 is 1.94 bits per heavy atom. The van der Waals surface area contributed by atoms with Gasteiger partial charge in [0.25, 0.3) is 5.69 Å². The van der Waals surface area contributed by atoms with Gasteiger partial charge in [-0.2, -0.15) is 20.1 Å². The number of phenols is 1. The van der Waals surface area contributed by atoms with Gasteiger partial charge in [0.2, 0.25) is 17.8 Å². The van der Waals surface area contributed by atoms with Gasteiger partial charge >= 0.3 is 0 Å². The third-order valence-electron chi connectivity index (χ3n) is 4.59. The maximum Gasteiger partial charge on any atom is 0.270 e. The summed E-state index contributed by atoms with van der Waals surface area (Å²) in [6, 6.07) is 11.2. The number of anilines is 4. The van der Waals surface area contributed by atoms with Crippen LogP contribution in [-0.2, 0) is 4.74 Å². The predicted molar refractivity (Wildman–Crippen MR) is 126 cm³/mol. The van der Waals surface area contributed by atoms with Crippen LogP contribution in [0.15, 0.2) is 52.0 Å². The molecule has 3 aromatic rings. The Labute approximate surface area is 196 Å². The third-order valence-corrected chi connectivity index (χ3v) is 5.08. The van der Waals surface area contributed by atoms with Gasteiger partial charge < -0.3 is 20.1 Å². The molecule has 3 N–H and O–H groups in total. The van der Waals surface area contributed by atoms with Gasteiger partial charge in [-0.15, -0.1) is 0 Å². The lowest BCUT2D eigenvalue weighted by atomic mass is 10.2. The molecule has 0 unspecified atom stereocenters. The zero-order valence-electron chi connectivity index (χ0n) is 17.2. The summed E-state index contributed by atoms with van der Waals surface area (Å²) >= 11 is 3.43. The Bertz CT molecular complexity index is 1190. The normalized spacial score (nSPS) is 13.8. The van der Waals surface area contributed by atoms with Crippen LogP contribution in [0.1, 0.15) is 5.56 Å². The number of nitrogens with one attached hydrogen (secondary N) is 2. The van der Waals surface area contributed by atoms with E-state index in [4.69, 9.17) is 4.74 Å². The van der Waals surface area contributed by atoms with Crippen molar-refractivity contribution in [3.05, 3.63) is 62.6 Å². The number of aromatic hydroxyl groups is 1. The average Bonchev–Trinajstić information content (AvgIpc) is 2.80. The molecule has 12 nitrogen and oxygen atoms in total. The number of nitro groups is 1. The molecule has 0 amide bonds. The van der Waals surface area contributed by atoms with E-state index in [0.717, 1.165) is 10.2 Å². The molecule has 2 aromatic carbocycles. The van der Waals surface area contributed by atoms with Gasteiger partial charge in [0, 0.05) is 40.9 Å². The van der Waals surface area contributed by atoms with Gasteiger partial charge in [0.05, 0.1) is 24.4 Å². The Hall–Kier alpha value is -3.84. The number of benzene rings is 2. The summed E-state index contributed by atoms with van der Waals surface area (Å²) in [7, 11) is 0. The number of non-ortho nitro benzene ring substituents is 1. The van der Waals surface area contributed by atoms with E-state index in [1.165, 1.54) is 24.4 Å². The fourth-order valence-electron chi connectivity index (χ4n) is 2.99. The lowest BCUT2D eigenvalue weighted by Gasteiger charge is -2.27. The highest BCUT2D eigenvalue weighted by Gasteiger charge is 2.17. The number of hydrogen-bond acceptors (Lipinski definition) is 11. The van der Waals surface area contributed by atoms with Crippen LogP contribution in [-0.4, -0.2) is 57.5 Å². The summed E-state index contributed by atoms with van der Waals surface area (Å²) in [5.41, 5.74) is 3.49. The van der Waals surface area contributed by atoms with E-state index >= 15 is 0 Å². The first-order valence-corrected chi connectivity index (χ1v) is 10.6. The molecule has 1 aliphatic rings. The number of aromatic nitrogens is 3. The molecule has 1 aliphatic heterocycles. The molecule has 1 aromatic heterocycles. The molecule has 4 rings (SSSR count). The molecule has 170 valence electrons. The van der Waals surface area contributed by atoms with E-state index in [2.05, 4.69) is 46.7 Å². The zero-order valence-corrected chi connectivity index (χ0v) is 18.8. The summed E-state index contributed by atoms with van der Waals surface area (Å²) in [4.78, 5) is 25.7. The lowest BCUT2D eigenvalue weighted by molar-refractivity contribution is -0.384. The van der Waals surface area contributed by atoms with Gasteiger partial charge in [0.1, 0.15) is 5.75 Å². The van der Waals surface area contributed by atoms with E-state index < -0.39 is 4.92 Å². The van der Waals surface area contributed by atoms with Crippen LogP contribution in [0.5, 0.6) is 5.75 Å². The first-order valence-electron chi connectivity index (χ1n) is 9.86. The maximum absolute atomic E-state index is 11.0. The highest BCUT2D eigenvalue weighted by Crippen LogP contribution is 2.23. The second-order valence-corrected chi connectivity index (χ2v) is 7.80. The Kier molecular flexibility index (Phi) is 6.90. The maximum atomic E-state index is 11.0. The number of ether oxygens (including phenoxy) is 1. The van der Waals surface area contributed by atoms with Crippen molar-refractivity contribution in [3.8, 4) is 5.75 Å². The lowest BCUT2D eigenvalue weighted by Crippen LogP contribution is -2.37. The Morgan fingerprint density at radius 3 is 2.70 bits per heavy atom. The molecule has 1 saturated heterocycles. The standard InChI is InChI=1S/C20H19BrN8O4/c21-14-2-1-3-15(11-14)23-18-24-19(26-20(25-18)28-6-8-33-9-7-28)27-22-12-13-10-16(29(31)32)4-5-17(13)30/h1-5,10-12,30H,6-9H2,(H2,23,24,25,26,27)/b22-12-. The second kappa shape index (κ2) is 10.2. The molecule has 33 heavy (non-hydrogen) atoms. The minimum atomic E-state index is -0.551. The number of hydrogen-bond donors (Lipinski definition) is 3. The molecular weight excluding hydrogens is 496 g/mol. The predicted octanol–water partition coefficient (Wildman–Crippen LogP) is 3.27. The number of hydrazone groups is 1. The van der Waals surface area contributed by atoms with Crippen LogP contribution >= 0.6 is 15.9 Å². The van der Waals surface area contributed by atoms with E-state index in [1.54, 1.807) is 0 Å². The smallest absolute Gasteiger partial charge is 0.270 e. The molecule has 0 bridgehead atoms. The van der Waals surface area contributed by atoms with E-state index in [-0.39, 0.29) is 22.9 Å². The van der Waals surface area contributed by atoms with Crippen molar-refractivity contribution in [1.29, 1.82) is 0 Å². The number of halogens is 1. The number of rotatable bonds is 7. The van der Waals surface area contributed by atoms with Gasteiger partial charge in [-0.1, -0.05) is 22.0 Å². The molecule has 0 radical (unpaired) electrons. The van der Waals surface area contributed by atoms with Crippen molar-refractivity contribution in [2.24, 2.45) is 5.10 Å². The van der Waals surface area contributed by atoms with Crippen LogP contribution in [0.2, 0.25) is 0 Å². The largest absolute Gasteiger partial charge is 0.507 e. The summed E-state index contributed by atoms with van der Waals surface area (Å²) in [5, 5.41) is 28.1. The van der Waals surface area contributed by atoms with Gasteiger partial charge in [0.15, 0.2) is 0 Å². The van der Waals surface area contributed by atoms with Crippen molar-refractivity contribution < 1.29 is 14.8 Å². The van der Waals surface area contributed by atoms with Gasteiger partial charge in [-0.25, -0.2) is 5.43 Å². The fourth-order valence-corrected chi connectivity index (χ4v) is 3.39. The van der Waals surface area contributed by atoms with Crippen molar-refractivity contribution in [3.63, 3.8) is 0 Å². The first kappa shape index (κ1) is 22.4. The number of morpholine rings is 1. The molecule has 13 heteroatoms. The van der Waals surface area contributed by atoms with Crippen molar-refractivity contribution in [2.45, 2.75) is 0 Å². The van der Waals surface area contributed by atoms with Crippen LogP contribution in [0.4, 0.5) is 29.2 Å². The zero-order chi connectivity index (χ0) is 23.2. The minimum Gasteiger partial charge on any atom is -0.507 e. The van der Waals surface area contributed by atoms with Gasteiger partial charge in [-0.05, 0) is 24.3 Å². The topological polar surface area (TPSA) is 151 Å². The molecular formula is C20H19BrN8O4. The highest BCUT2D eigenvalue weighted by molar-refractivity contribution is 9.10. The average molecular weight is 515 g/mol. The van der Waals surface area contributed by atoms with E-state index in [9.17, 15) is 15.2 Å². The van der Waals surface area contributed by atoms with Crippen LogP contribution in [0.3, 0.4) is 0 Å². The summed E-state index contributed by atoms with van der Waals surface area (Å²) < 4.78 is 6.30. The van der Waals surface area contributed by atoms with Crippen LogP contribution < -0.4 is 15.6 Å². The number of nitro benzene ring substituents is 1. The molecule has 0 saturated carbocycles. The second-order valence-electron chi connectivity index (χ2n) is 6.89. The monoisotopic (exact) mass is 514 g/mol. The Morgan fingerprint density at radius 1 is 1.15 bits per heavy atom. The van der Waals surface area contributed by atoms with Crippen molar-refractivity contribution in [1.82, 2.24) is 15.0 Å². The molecule has 0 atom stereocenters. The SMILES string of the molecule is O=[N+]([O-])c1ccc(O)c(/C=N\Nc2nc(Nc3cccc(Br)c3)nc(N3CCOCC3)n2)c1. The molecule has 0 spiro atoms. The molecule has 2 heterocycles. The quantitative estimate of drug-likeness (QED) is 0.243. The van der Waals surface area contributed by atoms with Crippen molar-refractivity contribution >= 4 is 51.4 Å². The number of nitrogens with zero attached hydrogens (tertiary/aromatic N) is 6. The summed E-state index contributed by atoms with van der Waals surface area (Å²) in [6.07, 6.45) is 1.25. The van der Waals surface area contributed by atoms with Gasteiger partial charge in [-0.3, -0.25) is 10.1 Å². The highest BCUT2D eigenvalue weighted by atomic mass is 79.9. The first-order chi connectivity index (χ1) is 16.0.